The highest BCUT2D eigenvalue weighted by Gasteiger charge is 2.22. The van der Waals surface area contributed by atoms with Crippen LogP contribution in [-0.2, 0) is 10.0 Å². The highest BCUT2D eigenvalue weighted by Crippen LogP contribution is 2.13. The van der Waals surface area contributed by atoms with Crippen LogP contribution in [0.1, 0.15) is 10.4 Å². The van der Waals surface area contributed by atoms with E-state index in [0.717, 1.165) is 17.0 Å². The Morgan fingerprint density at radius 2 is 2.00 bits per heavy atom. The molecule has 1 aromatic rings. The molecule has 2 N–H and O–H groups in total. The zero-order valence-electron chi connectivity index (χ0n) is 8.64. The van der Waals surface area contributed by atoms with Gasteiger partial charge in [0.2, 0.25) is 5.95 Å². The lowest BCUT2D eigenvalue weighted by Crippen LogP contribution is -2.26. The molecular formula is C8H10FN3O3S. The van der Waals surface area contributed by atoms with Gasteiger partial charge in [0.05, 0.1) is 5.56 Å². The molecule has 8 heteroatoms. The SMILES string of the molecule is CN(C)C(=O)c1ccc(F)nc1S(N)(=O)=O. The van der Waals surface area contributed by atoms with E-state index in [1.165, 1.54) is 14.1 Å². The number of nitrogens with zero attached hydrogens (tertiary/aromatic N) is 2. The number of halogens is 1. The number of aromatic nitrogens is 1. The second-order valence-corrected chi connectivity index (χ2v) is 4.71. The van der Waals surface area contributed by atoms with Gasteiger partial charge in [-0.3, -0.25) is 4.79 Å². The molecule has 1 heterocycles. The van der Waals surface area contributed by atoms with Crippen molar-refractivity contribution in [1.29, 1.82) is 0 Å². The van der Waals surface area contributed by atoms with Crippen LogP contribution in [0.4, 0.5) is 4.39 Å². The second kappa shape index (κ2) is 4.14. The molecule has 0 fully saturated rings. The zero-order chi connectivity index (χ0) is 12.5. The highest BCUT2D eigenvalue weighted by atomic mass is 32.2. The summed E-state index contributed by atoms with van der Waals surface area (Å²) in [5.74, 6) is -1.63. The standard InChI is InChI=1S/C8H10FN3O3S/c1-12(2)8(13)5-3-4-6(9)11-7(5)16(10,14)15/h3-4H,1-2H3,(H2,10,14,15). The van der Waals surface area contributed by atoms with Gasteiger partial charge in [0, 0.05) is 14.1 Å². The Labute approximate surface area is 91.9 Å². The smallest absolute Gasteiger partial charge is 0.256 e. The first-order chi connectivity index (χ1) is 7.23. The van der Waals surface area contributed by atoms with Gasteiger partial charge in [0.25, 0.3) is 15.9 Å². The van der Waals surface area contributed by atoms with Crippen LogP contribution in [0.5, 0.6) is 0 Å². The van der Waals surface area contributed by atoms with E-state index in [1.54, 1.807) is 0 Å². The van der Waals surface area contributed by atoms with Crippen LogP contribution >= 0.6 is 0 Å². The molecule has 0 bridgehead atoms. The van der Waals surface area contributed by atoms with Gasteiger partial charge in [-0.05, 0) is 12.1 Å². The minimum atomic E-state index is -4.23. The summed E-state index contributed by atoms with van der Waals surface area (Å²) < 4.78 is 35.0. The minimum absolute atomic E-state index is 0.256. The second-order valence-electron chi connectivity index (χ2n) is 3.23. The quantitative estimate of drug-likeness (QED) is 0.717. The molecule has 1 amide bonds. The topological polar surface area (TPSA) is 93.4 Å². The zero-order valence-corrected chi connectivity index (χ0v) is 9.45. The van der Waals surface area contributed by atoms with Crippen molar-refractivity contribution < 1.29 is 17.6 Å². The maximum atomic E-state index is 12.8. The van der Waals surface area contributed by atoms with Crippen LogP contribution in [0, 0.1) is 5.95 Å². The van der Waals surface area contributed by atoms with Gasteiger partial charge in [0.15, 0.2) is 5.03 Å². The van der Waals surface area contributed by atoms with E-state index in [4.69, 9.17) is 5.14 Å². The Bertz CT molecular complexity index is 527. The predicted molar refractivity (Wildman–Crippen MR) is 53.6 cm³/mol. The molecular weight excluding hydrogens is 237 g/mol. The summed E-state index contributed by atoms with van der Waals surface area (Å²) >= 11 is 0. The van der Waals surface area contributed by atoms with Crippen LogP contribution in [0.25, 0.3) is 0 Å². The first-order valence-corrected chi connectivity index (χ1v) is 5.69. The third-order valence-electron chi connectivity index (χ3n) is 1.73. The number of rotatable bonds is 2. The molecule has 0 atom stereocenters. The number of nitrogens with two attached hydrogens (primary N) is 1. The molecule has 16 heavy (non-hydrogen) atoms. The summed E-state index contributed by atoms with van der Waals surface area (Å²) in [6.45, 7) is 0. The fraction of sp³-hybridized carbons (Fsp3) is 0.250. The normalized spacial score (nSPS) is 11.2. The van der Waals surface area contributed by atoms with E-state index in [1.807, 2.05) is 0 Å². The van der Waals surface area contributed by atoms with Crippen LogP contribution < -0.4 is 5.14 Å². The Morgan fingerprint density at radius 1 is 1.44 bits per heavy atom. The number of hydrogen-bond acceptors (Lipinski definition) is 4. The van der Waals surface area contributed by atoms with Crippen molar-refractivity contribution in [3.8, 4) is 0 Å². The molecule has 0 radical (unpaired) electrons. The van der Waals surface area contributed by atoms with Crippen molar-refractivity contribution in [3.63, 3.8) is 0 Å². The number of carbonyl (C=O) groups excluding carboxylic acids is 1. The van der Waals surface area contributed by atoms with Gasteiger partial charge < -0.3 is 4.90 Å². The molecule has 0 aromatic carbocycles. The molecule has 6 nitrogen and oxygen atoms in total. The van der Waals surface area contributed by atoms with Gasteiger partial charge in [0.1, 0.15) is 0 Å². The van der Waals surface area contributed by atoms with E-state index >= 15 is 0 Å². The molecule has 0 saturated carbocycles. The molecule has 0 aliphatic heterocycles. The number of sulfonamides is 1. The molecule has 0 saturated heterocycles. The lowest BCUT2D eigenvalue weighted by molar-refractivity contribution is 0.0823. The van der Waals surface area contributed by atoms with Crippen LogP contribution in [-0.4, -0.2) is 38.3 Å². The number of hydrogen-bond donors (Lipinski definition) is 1. The van der Waals surface area contributed by atoms with E-state index in [9.17, 15) is 17.6 Å². The summed E-state index contributed by atoms with van der Waals surface area (Å²) in [6, 6.07) is 1.93. The average Bonchev–Trinajstić information content (AvgIpc) is 2.15. The minimum Gasteiger partial charge on any atom is -0.345 e. The predicted octanol–water partition coefficient (Wildman–Crippen LogP) is -0.430. The molecule has 0 aliphatic rings. The molecule has 0 unspecified atom stereocenters. The van der Waals surface area contributed by atoms with Gasteiger partial charge in [-0.25, -0.2) is 18.5 Å². The summed E-state index contributed by atoms with van der Waals surface area (Å²) in [7, 11) is -1.37. The fourth-order valence-electron chi connectivity index (χ4n) is 1.04. The average molecular weight is 247 g/mol. The largest absolute Gasteiger partial charge is 0.345 e. The van der Waals surface area contributed by atoms with Crippen molar-refractivity contribution in [2.24, 2.45) is 5.14 Å². The summed E-state index contributed by atoms with van der Waals surface area (Å²) in [5, 5.41) is 4.08. The number of primary sulfonamides is 1. The van der Waals surface area contributed by atoms with Crippen molar-refractivity contribution in [2.45, 2.75) is 5.03 Å². The first-order valence-electron chi connectivity index (χ1n) is 4.14. The van der Waals surface area contributed by atoms with Gasteiger partial charge in [-0.2, -0.15) is 4.39 Å². The van der Waals surface area contributed by atoms with Gasteiger partial charge in [-0.1, -0.05) is 0 Å². The summed E-state index contributed by atoms with van der Waals surface area (Å²) in [6.07, 6.45) is 0. The number of pyridine rings is 1. The Morgan fingerprint density at radius 3 is 2.44 bits per heavy atom. The lowest BCUT2D eigenvalue weighted by atomic mass is 10.2. The molecule has 0 spiro atoms. The first kappa shape index (κ1) is 12.5. The third-order valence-corrected chi connectivity index (χ3v) is 2.58. The Kier molecular flexibility index (Phi) is 3.24. The van der Waals surface area contributed by atoms with E-state index in [-0.39, 0.29) is 5.56 Å². The van der Waals surface area contributed by atoms with E-state index in [2.05, 4.69) is 4.98 Å². The summed E-state index contributed by atoms with van der Waals surface area (Å²) in [4.78, 5) is 15.8. The van der Waals surface area contributed by atoms with Crippen LogP contribution in [0.15, 0.2) is 17.2 Å². The van der Waals surface area contributed by atoms with Crippen LogP contribution in [0.3, 0.4) is 0 Å². The molecule has 1 aromatic heterocycles. The maximum Gasteiger partial charge on any atom is 0.256 e. The summed E-state index contributed by atoms with van der Waals surface area (Å²) in [5.41, 5.74) is -0.256. The van der Waals surface area contributed by atoms with Gasteiger partial charge >= 0.3 is 0 Å². The van der Waals surface area contributed by atoms with Gasteiger partial charge in [-0.15, -0.1) is 0 Å². The van der Waals surface area contributed by atoms with E-state index in [0.29, 0.717) is 0 Å². The molecule has 1 rings (SSSR count). The fourth-order valence-corrected chi connectivity index (χ4v) is 1.71. The lowest BCUT2D eigenvalue weighted by Gasteiger charge is -2.12. The van der Waals surface area contributed by atoms with Crippen molar-refractivity contribution in [3.05, 3.63) is 23.6 Å². The highest BCUT2D eigenvalue weighted by molar-refractivity contribution is 7.89. The Hall–Kier alpha value is -1.54. The van der Waals surface area contributed by atoms with Crippen molar-refractivity contribution in [2.75, 3.05) is 14.1 Å². The Balaban J connectivity index is 3.47. The maximum absolute atomic E-state index is 12.8. The number of carbonyl (C=O) groups is 1. The number of amides is 1. The molecule has 88 valence electrons. The van der Waals surface area contributed by atoms with Crippen molar-refractivity contribution in [1.82, 2.24) is 9.88 Å². The van der Waals surface area contributed by atoms with Crippen molar-refractivity contribution >= 4 is 15.9 Å². The van der Waals surface area contributed by atoms with Crippen LogP contribution in [0.2, 0.25) is 0 Å². The monoisotopic (exact) mass is 247 g/mol. The molecule has 0 aliphatic carbocycles. The van der Waals surface area contributed by atoms with E-state index < -0.39 is 26.9 Å². The third kappa shape index (κ3) is 2.52.